The maximum atomic E-state index is 12.8. The lowest BCUT2D eigenvalue weighted by Gasteiger charge is -2.58. The van der Waals surface area contributed by atoms with Gasteiger partial charge in [-0.25, -0.2) is 0 Å². The van der Waals surface area contributed by atoms with Gasteiger partial charge < -0.3 is 14.9 Å². The van der Waals surface area contributed by atoms with Gasteiger partial charge in [0.25, 0.3) is 0 Å². The number of fused-ring (bicyclic) bond motifs is 1. The number of carbonyl (C=O) groups is 2. The molecule has 3 atom stereocenters. The summed E-state index contributed by atoms with van der Waals surface area (Å²) in [5.41, 5.74) is 2.84. The fourth-order valence-corrected chi connectivity index (χ4v) is 4.49. The number of nitrogens with zero attached hydrogens (tertiary/aromatic N) is 3. The first-order valence-electron chi connectivity index (χ1n) is 10.7. The molecule has 0 bridgehead atoms. The number of rotatable bonds is 4. The van der Waals surface area contributed by atoms with Crippen molar-refractivity contribution >= 4 is 11.8 Å². The highest BCUT2D eigenvalue weighted by molar-refractivity contribution is 5.88. The average Bonchev–Trinajstić information content (AvgIpc) is 2.75. The molecule has 3 heterocycles. The second-order valence-corrected chi connectivity index (χ2v) is 8.50. The highest BCUT2D eigenvalue weighted by Gasteiger charge is 2.54. The van der Waals surface area contributed by atoms with Crippen LogP contribution in [0.15, 0.2) is 48.8 Å². The van der Waals surface area contributed by atoms with Gasteiger partial charge in [0.1, 0.15) is 0 Å². The number of hydrogen-bond donors (Lipinski definition) is 1. The highest BCUT2D eigenvalue weighted by Crippen LogP contribution is 2.42. The van der Waals surface area contributed by atoms with Gasteiger partial charge in [-0.2, -0.15) is 0 Å². The van der Waals surface area contributed by atoms with Crippen molar-refractivity contribution in [3.63, 3.8) is 0 Å². The van der Waals surface area contributed by atoms with Crippen LogP contribution in [0.2, 0.25) is 0 Å². The van der Waals surface area contributed by atoms with Gasteiger partial charge in [-0.15, -0.1) is 0 Å². The van der Waals surface area contributed by atoms with E-state index in [0.717, 1.165) is 16.7 Å². The van der Waals surface area contributed by atoms with Gasteiger partial charge in [-0.05, 0) is 29.3 Å². The molecule has 160 valence electrons. The molecular weight excluding hydrogens is 390 g/mol. The molecule has 0 saturated carbocycles. The molecule has 31 heavy (non-hydrogen) atoms. The van der Waals surface area contributed by atoms with Crippen LogP contribution in [0.25, 0.3) is 0 Å². The molecule has 2 fully saturated rings. The third-order valence-corrected chi connectivity index (χ3v) is 5.98. The molecular formula is C25H27N3O3. The Balaban J connectivity index is 1.50. The maximum absolute atomic E-state index is 12.8. The molecule has 1 aromatic carbocycles. The van der Waals surface area contributed by atoms with Crippen molar-refractivity contribution in [2.24, 2.45) is 5.92 Å². The van der Waals surface area contributed by atoms with E-state index in [1.54, 1.807) is 28.3 Å². The largest absolute Gasteiger partial charge is 0.394 e. The third kappa shape index (κ3) is 4.33. The number of aromatic nitrogens is 1. The zero-order valence-corrected chi connectivity index (χ0v) is 17.9. The van der Waals surface area contributed by atoms with Crippen molar-refractivity contribution in [3.8, 4) is 11.8 Å². The van der Waals surface area contributed by atoms with Crippen molar-refractivity contribution < 1.29 is 14.7 Å². The van der Waals surface area contributed by atoms with Crippen molar-refractivity contribution in [3.05, 3.63) is 65.5 Å². The second kappa shape index (κ2) is 8.91. The Hall–Kier alpha value is -3.17. The standard InChI is InChI=1S/C25H27N3O3/c1-17(2)5-6-18-7-9-20(10-8-18)25-21-14-27(15-24(31)28(21)22(25)16-29)23(30)12-19-4-3-11-26-13-19/h3-4,7-11,13,17,21-22,25,29H,12,14-16H2,1-2H3/t21-,22-,25+/m1/s1. The fourth-order valence-electron chi connectivity index (χ4n) is 4.49. The van der Waals surface area contributed by atoms with Gasteiger partial charge >= 0.3 is 0 Å². The van der Waals surface area contributed by atoms with Gasteiger partial charge in [0.05, 0.1) is 31.7 Å². The Labute approximate surface area is 182 Å². The summed E-state index contributed by atoms with van der Waals surface area (Å²) in [5, 5.41) is 9.94. The van der Waals surface area contributed by atoms with E-state index in [4.69, 9.17) is 0 Å². The summed E-state index contributed by atoms with van der Waals surface area (Å²) in [6, 6.07) is 11.3. The molecule has 4 rings (SSSR count). The van der Waals surface area contributed by atoms with E-state index in [1.807, 2.05) is 30.3 Å². The second-order valence-electron chi connectivity index (χ2n) is 8.50. The Bertz CT molecular complexity index is 1010. The molecule has 6 nitrogen and oxygen atoms in total. The van der Waals surface area contributed by atoms with E-state index in [1.165, 1.54) is 0 Å². The Morgan fingerprint density at radius 3 is 2.68 bits per heavy atom. The van der Waals surface area contributed by atoms with E-state index < -0.39 is 0 Å². The van der Waals surface area contributed by atoms with E-state index in [0.29, 0.717) is 12.5 Å². The summed E-state index contributed by atoms with van der Waals surface area (Å²) in [6.07, 6.45) is 3.57. The van der Waals surface area contributed by atoms with Crippen molar-refractivity contribution in [1.82, 2.24) is 14.8 Å². The molecule has 0 radical (unpaired) electrons. The Morgan fingerprint density at radius 1 is 1.26 bits per heavy atom. The van der Waals surface area contributed by atoms with Gasteiger partial charge in [0.2, 0.25) is 11.8 Å². The molecule has 2 aromatic rings. The minimum atomic E-state index is -0.249. The molecule has 0 spiro atoms. The lowest BCUT2D eigenvalue weighted by molar-refractivity contribution is -0.166. The average molecular weight is 418 g/mol. The zero-order valence-electron chi connectivity index (χ0n) is 17.9. The number of piperazine rings is 1. The molecule has 2 aliphatic rings. The summed E-state index contributed by atoms with van der Waals surface area (Å²) in [5.74, 6) is 6.43. The Morgan fingerprint density at radius 2 is 2.03 bits per heavy atom. The first kappa shape index (κ1) is 21.1. The molecule has 0 unspecified atom stereocenters. The van der Waals surface area contributed by atoms with E-state index in [-0.39, 0.29) is 49.4 Å². The van der Waals surface area contributed by atoms with Gasteiger partial charge in [0.15, 0.2) is 0 Å². The van der Waals surface area contributed by atoms with Gasteiger partial charge in [-0.1, -0.05) is 43.9 Å². The van der Waals surface area contributed by atoms with Gasteiger partial charge in [-0.3, -0.25) is 14.6 Å². The zero-order chi connectivity index (χ0) is 22.0. The highest BCUT2D eigenvalue weighted by atomic mass is 16.3. The third-order valence-electron chi connectivity index (χ3n) is 5.98. The van der Waals surface area contributed by atoms with Crippen LogP contribution in [-0.2, 0) is 16.0 Å². The predicted octanol–water partition coefficient (Wildman–Crippen LogP) is 1.83. The quantitative estimate of drug-likeness (QED) is 0.771. The molecule has 1 aromatic heterocycles. The predicted molar refractivity (Wildman–Crippen MR) is 117 cm³/mol. The number of amides is 2. The van der Waals surface area contributed by atoms with E-state index >= 15 is 0 Å². The van der Waals surface area contributed by atoms with Crippen LogP contribution < -0.4 is 0 Å². The van der Waals surface area contributed by atoms with Crippen LogP contribution in [0.4, 0.5) is 0 Å². The molecule has 1 N–H and O–H groups in total. The van der Waals surface area contributed by atoms with Crippen LogP contribution in [0.3, 0.4) is 0 Å². The molecule has 0 aliphatic carbocycles. The van der Waals surface area contributed by atoms with Gasteiger partial charge in [0, 0.05) is 36.3 Å². The number of aliphatic hydroxyl groups is 1. The fraction of sp³-hybridized carbons (Fsp3) is 0.400. The van der Waals surface area contributed by atoms with Crippen molar-refractivity contribution in [2.45, 2.75) is 38.3 Å². The number of pyridine rings is 1. The summed E-state index contributed by atoms with van der Waals surface area (Å²) in [6.45, 7) is 4.55. The summed E-state index contributed by atoms with van der Waals surface area (Å²) < 4.78 is 0. The number of benzene rings is 1. The van der Waals surface area contributed by atoms with Crippen molar-refractivity contribution in [2.75, 3.05) is 19.7 Å². The summed E-state index contributed by atoms with van der Waals surface area (Å²) in [7, 11) is 0. The van der Waals surface area contributed by atoms with Crippen LogP contribution in [0, 0.1) is 17.8 Å². The summed E-state index contributed by atoms with van der Waals surface area (Å²) >= 11 is 0. The van der Waals surface area contributed by atoms with E-state index in [2.05, 4.69) is 30.7 Å². The molecule has 6 heteroatoms. The Kier molecular flexibility index (Phi) is 6.06. The molecule has 2 saturated heterocycles. The molecule has 2 aliphatic heterocycles. The number of aliphatic hydroxyl groups excluding tert-OH is 1. The number of carbonyl (C=O) groups excluding carboxylic acids is 2. The lowest BCUT2D eigenvalue weighted by atomic mass is 9.73. The van der Waals surface area contributed by atoms with Crippen LogP contribution in [0.5, 0.6) is 0 Å². The maximum Gasteiger partial charge on any atom is 0.242 e. The first-order valence-corrected chi connectivity index (χ1v) is 10.7. The minimum absolute atomic E-state index is 0.00458. The first-order chi connectivity index (χ1) is 15.0. The number of hydrogen-bond acceptors (Lipinski definition) is 4. The monoisotopic (exact) mass is 417 g/mol. The van der Waals surface area contributed by atoms with Crippen LogP contribution in [0.1, 0.15) is 36.5 Å². The minimum Gasteiger partial charge on any atom is -0.394 e. The molecule has 2 amide bonds. The topological polar surface area (TPSA) is 73.7 Å². The smallest absolute Gasteiger partial charge is 0.242 e. The normalized spacial score (nSPS) is 22.5. The van der Waals surface area contributed by atoms with Crippen LogP contribution >= 0.6 is 0 Å². The summed E-state index contributed by atoms with van der Waals surface area (Å²) in [4.78, 5) is 33.0. The van der Waals surface area contributed by atoms with Crippen molar-refractivity contribution in [1.29, 1.82) is 0 Å². The SMILES string of the molecule is CC(C)C#Cc1ccc([C@@H]2[C@@H](CO)N3C(=O)CN(C(=O)Cc4cccnc4)C[C@H]23)cc1. The van der Waals surface area contributed by atoms with Crippen LogP contribution in [-0.4, -0.2) is 63.5 Å². The lowest BCUT2D eigenvalue weighted by Crippen LogP contribution is -2.73. The van der Waals surface area contributed by atoms with E-state index in [9.17, 15) is 14.7 Å².